The summed E-state index contributed by atoms with van der Waals surface area (Å²) < 4.78 is 0. The van der Waals surface area contributed by atoms with Gasteiger partial charge in [-0.1, -0.05) is 36.9 Å². The standard InChI is InChI=1S/C27H26N6O2/c1-2-25(34)30-22-7-3-5-19(17-22)24-8-4-6-20-18-29-27(32-26(20)24)31-21-9-11-23(12-10-21)35-33-15-13-28-14-16-33/h2-12,17-18,28H,1,13-16H2,(H,30,34)(H,29,31,32). The van der Waals surface area contributed by atoms with Gasteiger partial charge in [-0.2, -0.15) is 0 Å². The first-order chi connectivity index (χ1) is 17.2. The maximum Gasteiger partial charge on any atom is 0.247 e. The molecule has 8 nitrogen and oxygen atoms in total. The Morgan fingerprint density at radius 2 is 1.83 bits per heavy atom. The smallest absolute Gasteiger partial charge is 0.247 e. The number of hydrogen-bond acceptors (Lipinski definition) is 7. The maximum absolute atomic E-state index is 11.7. The lowest BCUT2D eigenvalue weighted by Crippen LogP contribution is -2.45. The number of aromatic nitrogens is 2. The molecule has 3 N–H and O–H groups in total. The lowest BCUT2D eigenvalue weighted by Gasteiger charge is -2.26. The molecule has 1 saturated heterocycles. The molecule has 2 heterocycles. The van der Waals surface area contributed by atoms with Crippen LogP contribution >= 0.6 is 0 Å². The maximum atomic E-state index is 11.7. The monoisotopic (exact) mass is 466 g/mol. The molecule has 1 fully saturated rings. The van der Waals surface area contributed by atoms with Crippen LogP contribution in [0.15, 0.2) is 85.6 Å². The molecule has 0 spiro atoms. The van der Waals surface area contributed by atoms with Gasteiger partial charge in [-0.25, -0.2) is 9.97 Å². The van der Waals surface area contributed by atoms with Crippen LogP contribution in [0, 0.1) is 0 Å². The van der Waals surface area contributed by atoms with E-state index in [1.807, 2.05) is 71.8 Å². The number of rotatable bonds is 7. The minimum Gasteiger partial charge on any atom is -0.406 e. The molecule has 0 saturated carbocycles. The Bertz CT molecular complexity index is 1350. The van der Waals surface area contributed by atoms with Gasteiger partial charge in [-0.15, -0.1) is 5.06 Å². The molecule has 35 heavy (non-hydrogen) atoms. The van der Waals surface area contributed by atoms with Gasteiger partial charge in [0.2, 0.25) is 11.9 Å². The summed E-state index contributed by atoms with van der Waals surface area (Å²) in [6.07, 6.45) is 3.05. The van der Waals surface area contributed by atoms with Crippen molar-refractivity contribution in [3.63, 3.8) is 0 Å². The zero-order valence-corrected chi connectivity index (χ0v) is 19.2. The van der Waals surface area contributed by atoms with Crippen molar-refractivity contribution in [1.29, 1.82) is 0 Å². The molecule has 1 amide bonds. The van der Waals surface area contributed by atoms with Crippen molar-refractivity contribution < 1.29 is 9.63 Å². The van der Waals surface area contributed by atoms with Crippen LogP contribution < -0.4 is 20.8 Å². The fourth-order valence-corrected chi connectivity index (χ4v) is 3.92. The van der Waals surface area contributed by atoms with Crippen LogP contribution in [-0.2, 0) is 4.79 Å². The van der Waals surface area contributed by atoms with Gasteiger partial charge in [-0.3, -0.25) is 4.79 Å². The number of carbonyl (C=O) groups is 1. The molecule has 8 heteroatoms. The molecule has 5 rings (SSSR count). The van der Waals surface area contributed by atoms with Crippen molar-refractivity contribution in [2.45, 2.75) is 0 Å². The average Bonchev–Trinajstić information content (AvgIpc) is 2.90. The Labute approximate surface area is 203 Å². The van der Waals surface area contributed by atoms with E-state index in [9.17, 15) is 4.79 Å². The first-order valence-electron chi connectivity index (χ1n) is 11.5. The second-order valence-electron chi connectivity index (χ2n) is 8.13. The SMILES string of the molecule is C=CC(=O)Nc1cccc(-c2cccc3cnc(Nc4ccc(ON5CCNCC5)cc4)nc23)c1. The van der Waals surface area contributed by atoms with E-state index in [-0.39, 0.29) is 5.91 Å². The molecule has 4 aromatic rings. The molecule has 176 valence electrons. The summed E-state index contributed by atoms with van der Waals surface area (Å²) in [5.41, 5.74) is 4.26. The van der Waals surface area contributed by atoms with E-state index in [1.54, 1.807) is 6.20 Å². The van der Waals surface area contributed by atoms with E-state index in [0.717, 1.165) is 59.6 Å². The molecule has 0 atom stereocenters. The highest BCUT2D eigenvalue weighted by Crippen LogP contribution is 2.30. The van der Waals surface area contributed by atoms with Crippen molar-refractivity contribution in [2.75, 3.05) is 36.8 Å². The van der Waals surface area contributed by atoms with Crippen molar-refractivity contribution in [1.82, 2.24) is 20.3 Å². The van der Waals surface area contributed by atoms with E-state index in [1.165, 1.54) is 6.08 Å². The van der Waals surface area contributed by atoms with Crippen LogP contribution in [0.3, 0.4) is 0 Å². The molecule has 0 aliphatic carbocycles. The van der Waals surface area contributed by atoms with Crippen LogP contribution in [0.2, 0.25) is 0 Å². The van der Waals surface area contributed by atoms with Crippen molar-refractivity contribution >= 4 is 34.1 Å². The van der Waals surface area contributed by atoms with E-state index < -0.39 is 0 Å². The molecular formula is C27H26N6O2. The van der Waals surface area contributed by atoms with Gasteiger partial charge >= 0.3 is 0 Å². The number of nitrogens with one attached hydrogen (secondary N) is 3. The number of hydrogen-bond donors (Lipinski definition) is 3. The fourth-order valence-electron chi connectivity index (χ4n) is 3.92. The van der Waals surface area contributed by atoms with E-state index in [4.69, 9.17) is 9.82 Å². The lowest BCUT2D eigenvalue weighted by atomic mass is 10.0. The summed E-state index contributed by atoms with van der Waals surface area (Å²) in [5.74, 6) is 1.04. The van der Waals surface area contributed by atoms with Gasteiger partial charge in [0.15, 0.2) is 0 Å². The quantitative estimate of drug-likeness (QED) is 0.349. The van der Waals surface area contributed by atoms with Crippen LogP contribution in [0.1, 0.15) is 0 Å². The van der Waals surface area contributed by atoms with Crippen LogP contribution in [0.5, 0.6) is 5.75 Å². The number of nitrogens with zero attached hydrogens (tertiary/aromatic N) is 3. The first-order valence-corrected chi connectivity index (χ1v) is 11.5. The van der Waals surface area contributed by atoms with Gasteiger partial charge in [-0.05, 0) is 48.0 Å². The highest BCUT2D eigenvalue weighted by Gasteiger charge is 2.12. The largest absolute Gasteiger partial charge is 0.406 e. The highest BCUT2D eigenvalue weighted by atomic mass is 16.7. The van der Waals surface area contributed by atoms with E-state index >= 15 is 0 Å². The van der Waals surface area contributed by atoms with Crippen molar-refractivity contribution in [3.05, 3.63) is 85.6 Å². The summed E-state index contributed by atoms with van der Waals surface area (Å²) in [6.45, 7) is 7.07. The molecule has 3 aromatic carbocycles. The first kappa shape index (κ1) is 22.5. The lowest BCUT2D eigenvalue weighted by molar-refractivity contribution is -0.111. The second kappa shape index (κ2) is 10.3. The second-order valence-corrected chi connectivity index (χ2v) is 8.13. The number of fused-ring (bicyclic) bond motifs is 1. The molecular weight excluding hydrogens is 440 g/mol. The van der Waals surface area contributed by atoms with Crippen LogP contribution in [0.25, 0.3) is 22.0 Å². The average molecular weight is 467 g/mol. The summed E-state index contributed by atoms with van der Waals surface area (Å²) in [5, 5.41) is 12.3. The van der Waals surface area contributed by atoms with Gasteiger partial charge in [0.1, 0.15) is 5.75 Å². The number of carbonyl (C=O) groups excluding carboxylic acids is 1. The molecule has 0 bridgehead atoms. The summed E-state index contributed by atoms with van der Waals surface area (Å²) in [6, 6.07) is 21.4. The number of hydroxylamine groups is 2. The van der Waals surface area contributed by atoms with Gasteiger partial charge in [0, 0.05) is 54.7 Å². The number of piperazine rings is 1. The molecule has 1 aliphatic heterocycles. The molecule has 1 aromatic heterocycles. The van der Waals surface area contributed by atoms with Crippen molar-refractivity contribution in [2.24, 2.45) is 0 Å². The third-order valence-corrected chi connectivity index (χ3v) is 5.66. The van der Waals surface area contributed by atoms with Gasteiger partial charge < -0.3 is 20.8 Å². The Morgan fingerprint density at radius 3 is 2.63 bits per heavy atom. The molecule has 0 radical (unpaired) electrons. The topological polar surface area (TPSA) is 91.4 Å². The Hall–Kier alpha value is -4.27. The van der Waals surface area contributed by atoms with E-state index in [2.05, 4.69) is 27.5 Å². The van der Waals surface area contributed by atoms with Gasteiger partial charge in [0.05, 0.1) is 5.52 Å². The Morgan fingerprint density at radius 1 is 1.03 bits per heavy atom. The number of para-hydroxylation sites is 1. The number of anilines is 3. The van der Waals surface area contributed by atoms with Gasteiger partial charge in [0.25, 0.3) is 0 Å². The predicted octanol–water partition coefficient (Wildman–Crippen LogP) is 4.36. The Kier molecular flexibility index (Phi) is 6.65. The number of benzene rings is 3. The summed E-state index contributed by atoms with van der Waals surface area (Å²) in [7, 11) is 0. The van der Waals surface area contributed by atoms with Crippen molar-refractivity contribution in [3.8, 4) is 16.9 Å². The zero-order chi connectivity index (χ0) is 24.0. The van der Waals surface area contributed by atoms with Crippen LogP contribution in [-0.4, -0.2) is 47.1 Å². The zero-order valence-electron chi connectivity index (χ0n) is 19.2. The fraction of sp³-hybridized carbons (Fsp3) is 0.148. The normalized spacial score (nSPS) is 13.8. The Balaban J connectivity index is 1.37. The summed E-state index contributed by atoms with van der Waals surface area (Å²) in [4.78, 5) is 26.9. The predicted molar refractivity (Wildman–Crippen MR) is 139 cm³/mol. The third-order valence-electron chi connectivity index (χ3n) is 5.66. The molecule has 1 aliphatic rings. The van der Waals surface area contributed by atoms with Crippen LogP contribution in [0.4, 0.5) is 17.3 Å². The minimum atomic E-state index is -0.252. The highest BCUT2D eigenvalue weighted by molar-refractivity contribution is 6.00. The van der Waals surface area contributed by atoms with E-state index in [0.29, 0.717) is 11.6 Å². The number of amides is 1. The molecule has 0 unspecified atom stereocenters. The third kappa shape index (κ3) is 5.46. The summed E-state index contributed by atoms with van der Waals surface area (Å²) >= 11 is 0. The minimum absolute atomic E-state index is 0.252.